The largest absolute Gasteiger partial charge is 0.493 e. The molecule has 0 aromatic heterocycles. The van der Waals surface area contributed by atoms with Gasteiger partial charge in [-0.15, -0.1) is 0 Å². The third kappa shape index (κ3) is 6.95. The molecule has 0 unspecified atom stereocenters. The molecule has 0 N–H and O–H groups in total. The molecule has 0 aliphatic heterocycles. The van der Waals surface area contributed by atoms with Crippen LogP contribution in [-0.4, -0.2) is 59.9 Å². The molecular weight excluding hydrogens is 705 g/mol. The number of benzene rings is 5. The highest BCUT2D eigenvalue weighted by Gasteiger charge is 2.34. The first-order valence-corrected chi connectivity index (χ1v) is 23.0. The van der Waals surface area contributed by atoms with Crippen molar-refractivity contribution in [1.82, 2.24) is 0 Å². The Hall–Kier alpha value is -3.84. The second-order valence-electron chi connectivity index (χ2n) is 15.9. The first-order valence-electron chi connectivity index (χ1n) is 19.3. The second kappa shape index (κ2) is 16.1. The Morgan fingerprint density at radius 1 is 0.352 bits per heavy atom. The summed E-state index contributed by atoms with van der Waals surface area (Å²) in [5.74, 6) is 10.7. The van der Waals surface area contributed by atoms with E-state index in [1.807, 2.05) is 0 Å². The lowest BCUT2D eigenvalue weighted by Crippen LogP contribution is -2.27. The molecule has 5 rings (SSSR count). The molecule has 0 radical (unpaired) electrons. The van der Waals surface area contributed by atoms with E-state index in [4.69, 9.17) is 18.9 Å². The highest BCUT2D eigenvalue weighted by atomic mass is 32.3. The molecule has 0 bridgehead atoms. The van der Waals surface area contributed by atoms with Crippen molar-refractivity contribution in [2.75, 3.05) is 28.4 Å². The lowest BCUT2D eigenvalue weighted by atomic mass is 9.89. The zero-order valence-corrected chi connectivity index (χ0v) is 37.2. The SMILES string of the molecule is COc1cc2cc3c(C#CS(C(C)C)(C(C)C)C(C)C)c4cc5cc(OC)c(OC)cc5cc4c(C#CS(C(C)C)(C(C)C)C(C)C)c3cc2cc1OC. The minimum absolute atomic E-state index is 0.446. The van der Waals surface area contributed by atoms with E-state index in [1.165, 1.54) is 0 Å². The topological polar surface area (TPSA) is 36.9 Å². The molecule has 0 atom stereocenters. The third-order valence-electron chi connectivity index (χ3n) is 11.4. The molecule has 0 amide bonds. The quantitative estimate of drug-likeness (QED) is 0.105. The maximum absolute atomic E-state index is 5.79. The van der Waals surface area contributed by atoms with E-state index >= 15 is 0 Å². The Morgan fingerprint density at radius 2 is 0.556 bits per heavy atom. The highest BCUT2D eigenvalue weighted by Crippen LogP contribution is 2.61. The van der Waals surface area contributed by atoms with E-state index in [1.54, 1.807) is 28.4 Å². The predicted octanol–water partition coefficient (Wildman–Crippen LogP) is 13.0. The van der Waals surface area contributed by atoms with Gasteiger partial charge in [-0.3, -0.25) is 0 Å². The van der Waals surface area contributed by atoms with Crippen LogP contribution in [0.4, 0.5) is 0 Å². The van der Waals surface area contributed by atoms with Gasteiger partial charge < -0.3 is 18.9 Å². The van der Waals surface area contributed by atoms with Crippen molar-refractivity contribution in [1.29, 1.82) is 0 Å². The van der Waals surface area contributed by atoms with Crippen molar-refractivity contribution in [3.8, 4) is 45.3 Å². The number of ether oxygens (including phenoxy) is 4. The summed E-state index contributed by atoms with van der Waals surface area (Å²) in [7, 11) is 4.10. The molecule has 6 heteroatoms. The van der Waals surface area contributed by atoms with Crippen molar-refractivity contribution < 1.29 is 18.9 Å². The summed E-state index contributed by atoms with van der Waals surface area (Å²) < 4.78 is 23.2. The van der Waals surface area contributed by atoms with Crippen LogP contribution in [0.15, 0.2) is 48.5 Å². The highest BCUT2D eigenvalue weighted by molar-refractivity contribution is 8.39. The Kier molecular flexibility index (Phi) is 12.3. The normalized spacial score (nSPS) is 13.0. The summed E-state index contributed by atoms with van der Waals surface area (Å²) in [6.45, 7) is 28.2. The molecule has 0 aliphatic rings. The van der Waals surface area contributed by atoms with Gasteiger partial charge in [0, 0.05) is 11.1 Å². The van der Waals surface area contributed by atoms with Crippen molar-refractivity contribution in [2.45, 2.75) is 115 Å². The second-order valence-corrected chi connectivity index (χ2v) is 25.0. The molecule has 290 valence electrons. The van der Waals surface area contributed by atoms with Crippen LogP contribution in [0.5, 0.6) is 23.0 Å². The van der Waals surface area contributed by atoms with Crippen LogP contribution >= 0.6 is 20.1 Å². The fraction of sp³-hybridized carbons (Fsp3) is 0.458. The summed E-state index contributed by atoms with van der Waals surface area (Å²) in [4.78, 5) is 0. The van der Waals surface area contributed by atoms with Crippen LogP contribution in [-0.2, 0) is 0 Å². The van der Waals surface area contributed by atoms with E-state index in [-0.39, 0.29) is 0 Å². The molecular formula is C48H62O4S2. The van der Waals surface area contributed by atoms with Gasteiger partial charge in [-0.2, -0.15) is 20.1 Å². The molecule has 54 heavy (non-hydrogen) atoms. The van der Waals surface area contributed by atoms with Gasteiger partial charge >= 0.3 is 0 Å². The Bertz CT molecular complexity index is 2010. The van der Waals surface area contributed by atoms with E-state index in [9.17, 15) is 0 Å². The van der Waals surface area contributed by atoms with Crippen LogP contribution in [0.2, 0.25) is 0 Å². The number of hydrogen-bond donors (Lipinski definition) is 0. The smallest absolute Gasteiger partial charge is 0.161 e. The fourth-order valence-electron chi connectivity index (χ4n) is 8.89. The van der Waals surface area contributed by atoms with Crippen molar-refractivity contribution in [3.05, 3.63) is 59.7 Å². The van der Waals surface area contributed by atoms with Gasteiger partial charge in [0.05, 0.1) is 28.4 Å². The Balaban J connectivity index is 2.11. The summed E-state index contributed by atoms with van der Waals surface area (Å²) >= 11 is 0. The summed E-state index contributed by atoms with van der Waals surface area (Å²) in [6, 6.07) is 17.5. The molecule has 0 saturated heterocycles. The average Bonchev–Trinajstić information content (AvgIpc) is 3.12. The zero-order valence-electron chi connectivity index (χ0n) is 35.5. The van der Waals surface area contributed by atoms with Crippen LogP contribution in [0, 0.1) is 22.3 Å². The number of rotatable bonds is 10. The summed E-state index contributed by atoms with van der Waals surface area (Å²) in [6.07, 6.45) is 0. The minimum atomic E-state index is -1.33. The number of hydrogen-bond acceptors (Lipinski definition) is 4. The molecule has 4 nitrogen and oxygen atoms in total. The van der Waals surface area contributed by atoms with Crippen LogP contribution in [0.25, 0.3) is 43.1 Å². The molecule has 0 fully saturated rings. The monoisotopic (exact) mass is 766 g/mol. The average molecular weight is 767 g/mol. The van der Waals surface area contributed by atoms with Gasteiger partial charge in [0.1, 0.15) is 0 Å². The van der Waals surface area contributed by atoms with E-state index in [2.05, 4.69) is 154 Å². The van der Waals surface area contributed by atoms with Gasteiger partial charge in [-0.25, -0.2) is 0 Å². The van der Waals surface area contributed by atoms with Gasteiger partial charge in [-0.05, 0) is 134 Å². The van der Waals surface area contributed by atoms with Crippen LogP contribution in [0.3, 0.4) is 0 Å². The van der Waals surface area contributed by atoms with E-state index in [0.717, 1.165) is 54.2 Å². The third-order valence-corrected chi connectivity index (χ3v) is 21.7. The standard InChI is InChI=1S/C48H62O4S2/c1-29(2)53(30(3)4,31(5)6)19-17-39-41-21-35-25-45(49-13)47(51-15)27-37(35)23-43(41)40(18-20-54(32(7)8,33(9)10)34(11)12)44-24-38-28-48(52-16)46(50-14)26-36(38)22-42(39)44/h21-34H,1-16H3. The molecule has 0 saturated carbocycles. The molecule has 0 spiro atoms. The Labute approximate surface area is 328 Å². The van der Waals surface area contributed by atoms with Gasteiger partial charge in [-0.1, -0.05) is 94.9 Å². The van der Waals surface area contributed by atoms with Gasteiger partial charge in [0.25, 0.3) is 0 Å². The summed E-state index contributed by atoms with van der Waals surface area (Å²) in [5, 5.41) is 19.4. The first-order chi connectivity index (χ1) is 25.5. The molecule has 0 heterocycles. The lowest BCUT2D eigenvalue weighted by Gasteiger charge is -2.46. The van der Waals surface area contributed by atoms with Crippen molar-refractivity contribution >= 4 is 63.1 Å². The minimum Gasteiger partial charge on any atom is -0.493 e. The maximum atomic E-state index is 5.79. The predicted molar refractivity (Wildman–Crippen MR) is 242 cm³/mol. The van der Waals surface area contributed by atoms with E-state index < -0.39 is 20.1 Å². The van der Waals surface area contributed by atoms with Gasteiger partial charge in [0.2, 0.25) is 0 Å². The fourth-order valence-corrected chi connectivity index (χ4v) is 17.4. The van der Waals surface area contributed by atoms with E-state index in [0.29, 0.717) is 54.5 Å². The molecule has 5 aromatic carbocycles. The van der Waals surface area contributed by atoms with Crippen LogP contribution in [0.1, 0.15) is 94.2 Å². The number of methoxy groups -OCH3 is 4. The van der Waals surface area contributed by atoms with Gasteiger partial charge in [0.15, 0.2) is 23.0 Å². The molecule has 5 aromatic rings. The zero-order chi connectivity index (χ0) is 39.9. The van der Waals surface area contributed by atoms with Crippen molar-refractivity contribution in [2.24, 2.45) is 0 Å². The summed E-state index contributed by atoms with van der Waals surface area (Å²) in [5.41, 5.74) is 2.07. The molecule has 0 aliphatic carbocycles. The Morgan fingerprint density at radius 3 is 0.722 bits per heavy atom. The first kappa shape index (κ1) is 41.3. The lowest BCUT2D eigenvalue weighted by molar-refractivity contribution is 0.356. The van der Waals surface area contributed by atoms with Crippen molar-refractivity contribution in [3.63, 3.8) is 0 Å². The van der Waals surface area contributed by atoms with Crippen LogP contribution < -0.4 is 18.9 Å². The maximum Gasteiger partial charge on any atom is 0.161 e. The number of fused-ring (bicyclic) bond motifs is 4.